The molecule has 6 heteroatoms. The summed E-state index contributed by atoms with van der Waals surface area (Å²) in [5, 5.41) is 1.78. The van der Waals surface area contributed by atoms with Crippen LogP contribution in [0.15, 0.2) is 60.7 Å². The Hall–Kier alpha value is -2.04. The number of hydrogen-bond acceptors (Lipinski definition) is 2. The van der Waals surface area contributed by atoms with Crippen molar-refractivity contribution in [3.05, 3.63) is 92.4 Å². The lowest BCUT2D eigenvalue weighted by Crippen LogP contribution is -2.42. The second-order valence-corrected chi connectivity index (χ2v) is 8.51. The Kier molecular flexibility index (Phi) is 5.84. The fourth-order valence-corrected chi connectivity index (χ4v) is 4.32. The third kappa shape index (κ3) is 4.44. The van der Waals surface area contributed by atoms with Crippen molar-refractivity contribution in [1.29, 1.82) is 0 Å². The minimum Gasteiger partial charge on any atom is -0.333 e. The van der Waals surface area contributed by atoms with Gasteiger partial charge in [0.1, 0.15) is 0 Å². The highest BCUT2D eigenvalue weighted by atomic mass is 35.5. The van der Waals surface area contributed by atoms with E-state index in [4.69, 9.17) is 40.5 Å². The van der Waals surface area contributed by atoms with Gasteiger partial charge in [0.15, 0.2) is 0 Å². The van der Waals surface area contributed by atoms with Crippen molar-refractivity contribution in [1.82, 2.24) is 4.90 Å². The summed E-state index contributed by atoms with van der Waals surface area (Å²) in [6.45, 7) is 1.11. The minimum absolute atomic E-state index is 0.0866. The first-order valence-corrected chi connectivity index (χ1v) is 10.4. The summed E-state index contributed by atoms with van der Waals surface area (Å²) in [5.74, 6) is -0.0866. The van der Waals surface area contributed by atoms with Crippen LogP contribution in [0.2, 0.25) is 15.1 Å². The fourth-order valence-electron chi connectivity index (χ4n) is 3.64. The Labute approximate surface area is 185 Å². The van der Waals surface area contributed by atoms with Crippen LogP contribution in [0.3, 0.4) is 0 Å². The predicted octanol–water partition coefficient (Wildman–Crippen LogP) is 5.73. The van der Waals surface area contributed by atoms with Crippen molar-refractivity contribution in [2.75, 3.05) is 0 Å². The Morgan fingerprint density at radius 3 is 2.38 bits per heavy atom. The molecule has 148 valence electrons. The van der Waals surface area contributed by atoms with Gasteiger partial charge in [0.2, 0.25) is 5.91 Å². The van der Waals surface area contributed by atoms with E-state index in [2.05, 4.69) is 18.2 Å². The van der Waals surface area contributed by atoms with Crippen molar-refractivity contribution in [3.63, 3.8) is 0 Å². The van der Waals surface area contributed by atoms with E-state index in [9.17, 15) is 4.79 Å². The molecule has 3 aromatic carbocycles. The van der Waals surface area contributed by atoms with E-state index in [1.165, 1.54) is 0 Å². The van der Waals surface area contributed by atoms with Gasteiger partial charge in [0.25, 0.3) is 0 Å². The fraction of sp³-hybridized carbons (Fsp3) is 0.174. The first-order chi connectivity index (χ1) is 13.9. The molecule has 4 rings (SSSR count). The van der Waals surface area contributed by atoms with Gasteiger partial charge in [0, 0.05) is 28.2 Å². The summed E-state index contributed by atoms with van der Waals surface area (Å²) in [6.07, 6.45) is 0.370. The van der Waals surface area contributed by atoms with Crippen molar-refractivity contribution in [3.8, 4) is 11.1 Å². The van der Waals surface area contributed by atoms with E-state index in [0.717, 1.165) is 27.8 Å². The molecule has 0 bridgehead atoms. The maximum atomic E-state index is 12.9. The highest BCUT2D eigenvalue weighted by Gasteiger charge is 2.28. The number of nitrogens with two attached hydrogens (primary N) is 1. The monoisotopic (exact) mass is 444 g/mol. The van der Waals surface area contributed by atoms with E-state index >= 15 is 0 Å². The van der Waals surface area contributed by atoms with Gasteiger partial charge < -0.3 is 10.6 Å². The van der Waals surface area contributed by atoms with Crippen LogP contribution in [0.1, 0.15) is 16.7 Å². The van der Waals surface area contributed by atoms with Gasteiger partial charge in [-0.25, -0.2) is 0 Å². The molecule has 0 saturated carbocycles. The van der Waals surface area contributed by atoms with Gasteiger partial charge >= 0.3 is 0 Å². The van der Waals surface area contributed by atoms with Crippen LogP contribution in [0.25, 0.3) is 11.1 Å². The topological polar surface area (TPSA) is 46.3 Å². The Balaban J connectivity index is 1.47. The molecule has 3 aromatic rings. The van der Waals surface area contributed by atoms with E-state index in [1.807, 2.05) is 30.3 Å². The lowest BCUT2D eigenvalue weighted by atomic mass is 10.0. The Morgan fingerprint density at radius 1 is 0.897 bits per heavy atom. The number of halogens is 3. The van der Waals surface area contributed by atoms with Crippen LogP contribution >= 0.6 is 34.8 Å². The number of hydrogen-bond donors (Lipinski definition) is 1. The highest BCUT2D eigenvalue weighted by molar-refractivity contribution is 6.35. The van der Waals surface area contributed by atoms with E-state index < -0.39 is 6.04 Å². The molecule has 0 aliphatic carbocycles. The lowest BCUT2D eigenvalue weighted by Gasteiger charge is -2.20. The molecule has 1 amide bonds. The van der Waals surface area contributed by atoms with Crippen molar-refractivity contribution in [2.24, 2.45) is 5.73 Å². The van der Waals surface area contributed by atoms with Gasteiger partial charge in [-0.05, 0) is 64.6 Å². The average Bonchev–Trinajstić information content (AvgIpc) is 3.12. The van der Waals surface area contributed by atoms with Crippen molar-refractivity contribution >= 4 is 40.7 Å². The molecule has 0 saturated heterocycles. The summed E-state index contributed by atoms with van der Waals surface area (Å²) >= 11 is 18.3. The zero-order valence-corrected chi connectivity index (χ0v) is 17.8. The summed E-state index contributed by atoms with van der Waals surface area (Å²) in [6, 6.07) is 18.6. The molecule has 0 spiro atoms. The number of rotatable bonds is 4. The summed E-state index contributed by atoms with van der Waals surface area (Å²) in [5.41, 5.74) is 11.4. The maximum absolute atomic E-state index is 12.9. The number of fused-ring (bicyclic) bond motifs is 1. The van der Waals surface area contributed by atoms with Gasteiger partial charge in [-0.1, -0.05) is 65.1 Å². The number of nitrogens with zero attached hydrogens (tertiary/aromatic N) is 1. The molecule has 1 heterocycles. The largest absolute Gasteiger partial charge is 0.333 e. The second kappa shape index (κ2) is 8.37. The molecule has 0 radical (unpaired) electrons. The van der Waals surface area contributed by atoms with Gasteiger partial charge in [-0.3, -0.25) is 4.79 Å². The molecular weight excluding hydrogens is 427 g/mol. The van der Waals surface area contributed by atoms with Crippen LogP contribution < -0.4 is 5.73 Å². The first-order valence-electron chi connectivity index (χ1n) is 9.27. The van der Waals surface area contributed by atoms with E-state index in [0.29, 0.717) is 34.6 Å². The van der Waals surface area contributed by atoms with E-state index in [1.54, 1.807) is 17.0 Å². The van der Waals surface area contributed by atoms with Crippen molar-refractivity contribution in [2.45, 2.75) is 25.6 Å². The zero-order valence-electron chi connectivity index (χ0n) is 15.5. The molecule has 1 aliphatic heterocycles. The van der Waals surface area contributed by atoms with Crippen LogP contribution in [0.4, 0.5) is 0 Å². The van der Waals surface area contributed by atoms with Gasteiger partial charge in [0.05, 0.1) is 6.04 Å². The third-order valence-electron chi connectivity index (χ3n) is 5.17. The van der Waals surface area contributed by atoms with Crippen LogP contribution in [-0.4, -0.2) is 16.8 Å². The lowest BCUT2D eigenvalue weighted by molar-refractivity contribution is -0.133. The molecule has 1 aliphatic rings. The minimum atomic E-state index is -0.657. The summed E-state index contributed by atoms with van der Waals surface area (Å²) in [7, 11) is 0. The molecule has 2 N–H and O–H groups in total. The Morgan fingerprint density at radius 2 is 1.62 bits per heavy atom. The maximum Gasteiger partial charge on any atom is 0.240 e. The SMILES string of the molecule is NC(Cc1ccc(Cl)cc1Cl)C(=O)N1Cc2ccc(-c3cccc(Cl)c3)cc2C1. The quantitative estimate of drug-likeness (QED) is 0.558. The summed E-state index contributed by atoms with van der Waals surface area (Å²) < 4.78 is 0. The number of amides is 1. The normalized spacial score (nSPS) is 14.0. The smallest absolute Gasteiger partial charge is 0.240 e. The molecule has 1 atom stereocenters. The highest BCUT2D eigenvalue weighted by Crippen LogP contribution is 2.30. The number of carbonyl (C=O) groups excluding carboxylic acids is 1. The van der Waals surface area contributed by atoms with Crippen LogP contribution in [0.5, 0.6) is 0 Å². The molecule has 3 nitrogen and oxygen atoms in total. The van der Waals surface area contributed by atoms with Crippen LogP contribution in [-0.2, 0) is 24.3 Å². The molecule has 0 fully saturated rings. The molecule has 29 heavy (non-hydrogen) atoms. The molecule has 0 aromatic heterocycles. The molecular formula is C23H19Cl3N2O. The van der Waals surface area contributed by atoms with Crippen molar-refractivity contribution < 1.29 is 4.79 Å². The second-order valence-electron chi connectivity index (χ2n) is 7.23. The number of benzene rings is 3. The Bertz CT molecular complexity index is 1080. The number of carbonyl (C=O) groups is 1. The average molecular weight is 446 g/mol. The summed E-state index contributed by atoms with van der Waals surface area (Å²) in [4.78, 5) is 14.7. The molecule has 1 unspecified atom stereocenters. The van der Waals surface area contributed by atoms with E-state index in [-0.39, 0.29) is 5.91 Å². The van der Waals surface area contributed by atoms with Gasteiger partial charge in [-0.15, -0.1) is 0 Å². The third-order valence-corrected chi connectivity index (χ3v) is 5.99. The predicted molar refractivity (Wildman–Crippen MR) is 119 cm³/mol. The zero-order chi connectivity index (χ0) is 20.5. The standard InChI is InChI=1S/C23H19Cl3N2O/c24-19-3-1-2-14(9-19)15-4-5-17-12-28(13-18(17)8-15)23(29)22(27)10-16-6-7-20(25)11-21(16)26/h1-9,11,22H,10,12-13,27H2. The van der Waals surface area contributed by atoms with Crippen LogP contribution in [0, 0.1) is 0 Å². The van der Waals surface area contributed by atoms with Gasteiger partial charge in [-0.2, -0.15) is 0 Å². The first kappa shape index (κ1) is 20.2.